The van der Waals surface area contributed by atoms with E-state index in [-0.39, 0.29) is 23.8 Å². The molecule has 1 saturated heterocycles. The fourth-order valence-electron chi connectivity index (χ4n) is 3.65. The van der Waals surface area contributed by atoms with Crippen molar-refractivity contribution in [2.75, 3.05) is 13.1 Å². The van der Waals surface area contributed by atoms with Crippen molar-refractivity contribution >= 4 is 11.8 Å². The highest BCUT2D eigenvalue weighted by Crippen LogP contribution is 2.29. The third kappa shape index (κ3) is 3.71. The highest BCUT2D eigenvalue weighted by molar-refractivity contribution is 5.94. The number of hydrogen-bond donors (Lipinski definition) is 1. The Morgan fingerprint density at radius 2 is 1.83 bits per heavy atom. The number of nitrogens with one attached hydrogen (secondary N) is 1. The van der Waals surface area contributed by atoms with Crippen LogP contribution >= 0.6 is 0 Å². The monoisotopic (exact) mass is 315 g/mol. The predicted octanol–water partition coefficient (Wildman–Crippen LogP) is 2.24. The van der Waals surface area contributed by atoms with Crippen molar-refractivity contribution in [1.29, 1.82) is 0 Å². The zero-order valence-corrected chi connectivity index (χ0v) is 13.7. The summed E-state index contributed by atoms with van der Waals surface area (Å²) in [7, 11) is 0. The second kappa shape index (κ2) is 7.11. The van der Waals surface area contributed by atoms with Crippen molar-refractivity contribution in [3.05, 3.63) is 30.1 Å². The minimum atomic E-state index is -0.107. The number of hydrogen-bond acceptors (Lipinski definition) is 3. The molecule has 124 valence electrons. The Morgan fingerprint density at radius 3 is 2.52 bits per heavy atom. The largest absolute Gasteiger partial charge is 0.349 e. The zero-order valence-electron chi connectivity index (χ0n) is 13.7. The molecule has 2 aliphatic rings. The Morgan fingerprint density at radius 1 is 1.13 bits per heavy atom. The number of nitrogens with zero attached hydrogens (tertiary/aromatic N) is 2. The van der Waals surface area contributed by atoms with Crippen LogP contribution in [0, 0.1) is 11.8 Å². The maximum atomic E-state index is 12.8. The first-order valence-corrected chi connectivity index (χ1v) is 8.65. The van der Waals surface area contributed by atoms with Gasteiger partial charge in [-0.3, -0.25) is 14.6 Å². The van der Waals surface area contributed by atoms with E-state index in [4.69, 9.17) is 0 Å². The molecule has 0 unspecified atom stereocenters. The molecule has 2 amide bonds. The van der Waals surface area contributed by atoms with Gasteiger partial charge in [0.05, 0.1) is 5.92 Å². The number of rotatable bonds is 3. The molecule has 3 rings (SSSR count). The average molecular weight is 315 g/mol. The summed E-state index contributed by atoms with van der Waals surface area (Å²) in [5.74, 6) is 0.776. The molecule has 1 aromatic heterocycles. The Hall–Kier alpha value is -1.91. The lowest BCUT2D eigenvalue weighted by Gasteiger charge is -2.33. The second-order valence-corrected chi connectivity index (χ2v) is 6.86. The van der Waals surface area contributed by atoms with E-state index in [1.54, 1.807) is 24.5 Å². The molecule has 0 bridgehead atoms. The highest BCUT2D eigenvalue weighted by Gasteiger charge is 2.37. The van der Waals surface area contributed by atoms with Gasteiger partial charge in [-0.2, -0.15) is 0 Å². The van der Waals surface area contributed by atoms with Gasteiger partial charge in [0.15, 0.2) is 0 Å². The zero-order chi connectivity index (χ0) is 16.2. The fraction of sp³-hybridized carbons (Fsp3) is 0.611. The number of likely N-dealkylation sites (tertiary alicyclic amines) is 1. The van der Waals surface area contributed by atoms with E-state index in [2.05, 4.69) is 17.2 Å². The molecule has 2 fully saturated rings. The first kappa shape index (κ1) is 16.0. The van der Waals surface area contributed by atoms with Gasteiger partial charge in [-0.15, -0.1) is 0 Å². The van der Waals surface area contributed by atoms with E-state index in [0.29, 0.717) is 11.5 Å². The standard InChI is InChI=1S/C18H25N3O2/c1-13-7-11-21(12-8-13)18(23)15-3-2-4-16(15)20-17(22)14-5-9-19-10-6-14/h5-6,9-10,13,15-16H,2-4,7-8,11-12H2,1H3,(H,20,22)/t15-,16+/m0/s1. The van der Waals surface area contributed by atoms with Crippen molar-refractivity contribution in [2.45, 2.75) is 45.1 Å². The molecule has 0 spiro atoms. The number of aromatic nitrogens is 1. The Bertz CT molecular complexity index is 553. The van der Waals surface area contributed by atoms with Gasteiger partial charge in [0, 0.05) is 37.1 Å². The third-order valence-electron chi connectivity index (χ3n) is 5.19. The van der Waals surface area contributed by atoms with Crippen molar-refractivity contribution in [3.63, 3.8) is 0 Å². The van der Waals surface area contributed by atoms with Crippen molar-refractivity contribution in [1.82, 2.24) is 15.2 Å². The molecule has 0 radical (unpaired) electrons. The molecule has 1 saturated carbocycles. The Balaban J connectivity index is 1.61. The molecular weight excluding hydrogens is 290 g/mol. The Labute approximate surface area is 137 Å². The van der Waals surface area contributed by atoms with E-state index < -0.39 is 0 Å². The first-order chi connectivity index (χ1) is 11.1. The van der Waals surface area contributed by atoms with Crippen molar-refractivity contribution in [2.24, 2.45) is 11.8 Å². The van der Waals surface area contributed by atoms with Crippen LogP contribution in [0.1, 0.15) is 49.4 Å². The molecular formula is C18H25N3O2. The van der Waals surface area contributed by atoms with Gasteiger partial charge in [0.1, 0.15) is 0 Å². The van der Waals surface area contributed by atoms with Crippen LogP contribution in [-0.2, 0) is 4.79 Å². The van der Waals surface area contributed by atoms with Crippen LogP contribution in [0.25, 0.3) is 0 Å². The van der Waals surface area contributed by atoms with Gasteiger partial charge in [-0.25, -0.2) is 0 Å². The van der Waals surface area contributed by atoms with Gasteiger partial charge in [-0.05, 0) is 43.7 Å². The predicted molar refractivity (Wildman–Crippen MR) is 87.8 cm³/mol. The summed E-state index contributed by atoms with van der Waals surface area (Å²) in [5, 5.41) is 3.06. The first-order valence-electron chi connectivity index (χ1n) is 8.65. The van der Waals surface area contributed by atoms with Gasteiger partial charge in [0.25, 0.3) is 5.91 Å². The van der Waals surface area contributed by atoms with Crippen LogP contribution in [0.2, 0.25) is 0 Å². The van der Waals surface area contributed by atoms with Crippen molar-refractivity contribution in [3.8, 4) is 0 Å². The summed E-state index contributed by atoms with van der Waals surface area (Å²) in [6, 6.07) is 3.36. The second-order valence-electron chi connectivity index (χ2n) is 6.86. The highest BCUT2D eigenvalue weighted by atomic mass is 16.2. The van der Waals surface area contributed by atoms with Crippen molar-refractivity contribution < 1.29 is 9.59 Å². The molecule has 1 aliphatic heterocycles. The van der Waals surface area contributed by atoms with Crippen LogP contribution in [0.15, 0.2) is 24.5 Å². The van der Waals surface area contributed by atoms with Gasteiger partial charge in [-0.1, -0.05) is 13.3 Å². The van der Waals surface area contributed by atoms with Crippen LogP contribution in [-0.4, -0.2) is 40.8 Å². The van der Waals surface area contributed by atoms with Crippen LogP contribution < -0.4 is 5.32 Å². The number of carbonyl (C=O) groups excluding carboxylic acids is 2. The lowest BCUT2D eigenvalue weighted by atomic mass is 9.95. The fourth-order valence-corrected chi connectivity index (χ4v) is 3.65. The summed E-state index contributed by atoms with van der Waals surface area (Å²) in [6.07, 6.45) is 8.17. The maximum absolute atomic E-state index is 12.8. The smallest absolute Gasteiger partial charge is 0.251 e. The normalized spacial score (nSPS) is 25.3. The SMILES string of the molecule is CC1CCN(C(=O)[C@H]2CCC[C@H]2NC(=O)c2ccncc2)CC1. The van der Waals surface area contributed by atoms with E-state index in [1.165, 1.54) is 0 Å². The lowest BCUT2D eigenvalue weighted by molar-refractivity contribution is -0.137. The van der Waals surface area contributed by atoms with E-state index >= 15 is 0 Å². The Kier molecular flexibility index (Phi) is 4.94. The molecule has 1 N–H and O–H groups in total. The summed E-state index contributed by atoms with van der Waals surface area (Å²) in [4.78, 5) is 31.1. The third-order valence-corrected chi connectivity index (χ3v) is 5.19. The number of pyridine rings is 1. The molecule has 2 heterocycles. The number of carbonyl (C=O) groups is 2. The minimum absolute atomic E-state index is 0.0393. The number of piperidine rings is 1. The van der Waals surface area contributed by atoms with Gasteiger partial charge < -0.3 is 10.2 Å². The molecule has 1 aliphatic carbocycles. The summed E-state index contributed by atoms with van der Waals surface area (Å²) >= 11 is 0. The van der Waals surface area contributed by atoms with E-state index in [0.717, 1.165) is 45.2 Å². The van der Waals surface area contributed by atoms with Gasteiger partial charge in [0.2, 0.25) is 5.91 Å². The average Bonchev–Trinajstić information content (AvgIpc) is 3.04. The number of amides is 2. The van der Waals surface area contributed by atoms with E-state index in [9.17, 15) is 9.59 Å². The summed E-state index contributed by atoms with van der Waals surface area (Å²) in [6.45, 7) is 3.97. The van der Waals surface area contributed by atoms with Gasteiger partial charge >= 0.3 is 0 Å². The summed E-state index contributed by atoms with van der Waals surface area (Å²) < 4.78 is 0. The van der Waals surface area contributed by atoms with Crippen LogP contribution in [0.4, 0.5) is 0 Å². The molecule has 5 heteroatoms. The lowest BCUT2D eigenvalue weighted by Crippen LogP contribution is -2.47. The van der Waals surface area contributed by atoms with E-state index in [1.807, 2.05) is 4.90 Å². The molecule has 5 nitrogen and oxygen atoms in total. The van der Waals surface area contributed by atoms with Crippen LogP contribution in [0.5, 0.6) is 0 Å². The molecule has 0 aromatic carbocycles. The topological polar surface area (TPSA) is 62.3 Å². The summed E-state index contributed by atoms with van der Waals surface area (Å²) in [5.41, 5.74) is 0.602. The molecule has 1 aromatic rings. The minimum Gasteiger partial charge on any atom is -0.349 e. The quantitative estimate of drug-likeness (QED) is 0.930. The van der Waals surface area contributed by atoms with Crippen LogP contribution in [0.3, 0.4) is 0 Å². The maximum Gasteiger partial charge on any atom is 0.251 e. The molecule has 23 heavy (non-hydrogen) atoms. The molecule has 2 atom stereocenters.